The van der Waals surface area contributed by atoms with Crippen LogP contribution in [0, 0.1) is 11.3 Å². The maximum Gasteiger partial charge on any atom is 0.164 e. The number of nitrogens with zero attached hydrogens (tertiary/aromatic N) is 4. The van der Waals surface area contributed by atoms with Gasteiger partial charge in [-0.05, 0) is 45.2 Å². The summed E-state index contributed by atoms with van der Waals surface area (Å²) < 4.78 is 0. The van der Waals surface area contributed by atoms with Crippen molar-refractivity contribution in [2.24, 2.45) is 0 Å². The molecule has 0 bridgehead atoms. The molecule has 4 nitrogen and oxygen atoms in total. The van der Waals surface area contributed by atoms with Crippen molar-refractivity contribution in [2.45, 2.75) is 0 Å². The van der Waals surface area contributed by atoms with Crippen LogP contribution in [0.3, 0.4) is 0 Å². The molecule has 42 heavy (non-hydrogen) atoms. The van der Waals surface area contributed by atoms with Crippen molar-refractivity contribution in [1.82, 2.24) is 15.0 Å². The Balaban J connectivity index is 1.29. The summed E-state index contributed by atoms with van der Waals surface area (Å²) in [6, 6.07) is 51.2. The topological polar surface area (TPSA) is 62.5 Å². The molecule has 7 rings (SSSR count). The highest BCUT2D eigenvalue weighted by molar-refractivity contribution is 6.05. The van der Waals surface area contributed by atoms with E-state index in [1.807, 2.05) is 84.9 Å². The summed E-state index contributed by atoms with van der Waals surface area (Å²) >= 11 is 0. The van der Waals surface area contributed by atoms with Crippen LogP contribution in [0.15, 0.2) is 146 Å². The molecule has 0 aliphatic carbocycles. The van der Waals surface area contributed by atoms with Crippen molar-refractivity contribution in [3.63, 3.8) is 0 Å². The van der Waals surface area contributed by atoms with Crippen LogP contribution >= 0.6 is 0 Å². The quantitative estimate of drug-likeness (QED) is 0.220. The van der Waals surface area contributed by atoms with Gasteiger partial charge in [-0.15, -0.1) is 0 Å². The van der Waals surface area contributed by atoms with Gasteiger partial charge < -0.3 is 0 Å². The van der Waals surface area contributed by atoms with E-state index < -0.39 is 0 Å². The van der Waals surface area contributed by atoms with Crippen molar-refractivity contribution >= 4 is 10.8 Å². The predicted octanol–water partition coefficient (Wildman–Crippen LogP) is 9.23. The van der Waals surface area contributed by atoms with Crippen molar-refractivity contribution < 1.29 is 0 Å². The lowest BCUT2D eigenvalue weighted by molar-refractivity contribution is 1.07. The summed E-state index contributed by atoms with van der Waals surface area (Å²) in [7, 11) is 0. The Labute approximate surface area is 244 Å². The molecule has 0 saturated heterocycles. The number of hydrogen-bond acceptors (Lipinski definition) is 4. The zero-order valence-corrected chi connectivity index (χ0v) is 22.6. The number of fused-ring (bicyclic) bond motifs is 1. The van der Waals surface area contributed by atoms with Crippen LogP contribution in [-0.2, 0) is 0 Å². The molecule has 0 N–H and O–H groups in total. The third kappa shape index (κ3) is 4.81. The second kappa shape index (κ2) is 10.9. The average molecular weight is 537 g/mol. The molecule has 0 fully saturated rings. The minimum absolute atomic E-state index is 0.635. The van der Waals surface area contributed by atoms with Crippen molar-refractivity contribution in [2.75, 3.05) is 0 Å². The molecular formula is C38H24N4. The fourth-order valence-corrected chi connectivity index (χ4v) is 5.26. The molecule has 0 saturated carbocycles. The lowest BCUT2D eigenvalue weighted by Gasteiger charge is -2.13. The molecule has 1 aromatic heterocycles. The van der Waals surface area contributed by atoms with E-state index in [0.717, 1.165) is 38.9 Å². The minimum Gasteiger partial charge on any atom is -0.208 e. The van der Waals surface area contributed by atoms with Crippen molar-refractivity contribution in [1.29, 1.82) is 5.26 Å². The molecule has 0 amide bonds. The summed E-state index contributed by atoms with van der Waals surface area (Å²) in [6.07, 6.45) is 0. The second-order valence-corrected chi connectivity index (χ2v) is 10.0. The highest BCUT2D eigenvalue weighted by Gasteiger charge is 2.14. The molecule has 7 aromatic rings. The largest absolute Gasteiger partial charge is 0.208 e. The Kier molecular flexibility index (Phi) is 6.52. The van der Waals surface area contributed by atoms with Gasteiger partial charge in [-0.1, -0.05) is 133 Å². The van der Waals surface area contributed by atoms with Gasteiger partial charge in [-0.3, -0.25) is 0 Å². The van der Waals surface area contributed by atoms with Gasteiger partial charge in [0.15, 0.2) is 17.5 Å². The number of hydrogen-bond donors (Lipinski definition) is 0. The molecular weight excluding hydrogens is 512 g/mol. The Morgan fingerprint density at radius 1 is 0.357 bits per heavy atom. The first kappa shape index (κ1) is 25.1. The van der Waals surface area contributed by atoms with E-state index in [0.29, 0.717) is 23.0 Å². The number of rotatable bonds is 5. The second-order valence-electron chi connectivity index (χ2n) is 10.0. The maximum absolute atomic E-state index is 9.20. The molecule has 0 atom stereocenters. The van der Waals surface area contributed by atoms with Crippen LogP contribution in [0.5, 0.6) is 0 Å². The van der Waals surface area contributed by atoms with Gasteiger partial charge in [-0.25, -0.2) is 15.0 Å². The van der Waals surface area contributed by atoms with Crippen molar-refractivity contribution in [3.8, 4) is 62.5 Å². The van der Waals surface area contributed by atoms with E-state index in [2.05, 4.69) is 66.7 Å². The van der Waals surface area contributed by atoms with Crippen LogP contribution in [0.1, 0.15) is 5.56 Å². The fraction of sp³-hybridized carbons (Fsp3) is 0. The third-order valence-electron chi connectivity index (χ3n) is 7.40. The first-order valence-corrected chi connectivity index (χ1v) is 13.8. The molecule has 0 spiro atoms. The maximum atomic E-state index is 9.20. The lowest BCUT2D eigenvalue weighted by atomic mass is 9.91. The molecule has 0 aliphatic heterocycles. The summed E-state index contributed by atoms with van der Waals surface area (Å²) in [5, 5.41) is 11.5. The van der Waals surface area contributed by atoms with Gasteiger partial charge in [0.2, 0.25) is 0 Å². The Morgan fingerprint density at radius 3 is 1.14 bits per heavy atom. The fourth-order valence-electron chi connectivity index (χ4n) is 5.26. The SMILES string of the molecule is N#Cc1ccc(-c2ccc(-c3ccc(-c4nc(-c5ccccc5)nc(-c5ccccc5)n4)cc3)c3ccccc23)cc1. The molecule has 4 heteroatoms. The first-order chi connectivity index (χ1) is 20.8. The summed E-state index contributed by atoms with van der Waals surface area (Å²) in [4.78, 5) is 14.5. The zero-order chi connectivity index (χ0) is 28.3. The number of benzene rings is 6. The third-order valence-corrected chi connectivity index (χ3v) is 7.40. The molecule has 1 heterocycles. The smallest absolute Gasteiger partial charge is 0.164 e. The van der Waals surface area contributed by atoms with Gasteiger partial charge >= 0.3 is 0 Å². The average Bonchev–Trinajstić information content (AvgIpc) is 3.08. The highest BCUT2D eigenvalue weighted by Crippen LogP contribution is 2.36. The van der Waals surface area contributed by atoms with E-state index in [1.54, 1.807) is 0 Å². The molecule has 196 valence electrons. The van der Waals surface area contributed by atoms with Gasteiger partial charge in [0.25, 0.3) is 0 Å². The molecule has 0 aliphatic rings. The zero-order valence-electron chi connectivity index (χ0n) is 22.6. The summed E-state index contributed by atoms with van der Waals surface area (Å²) in [5.41, 5.74) is 7.97. The normalized spacial score (nSPS) is 10.8. The Hall–Kier alpha value is -5.92. The van der Waals surface area contributed by atoms with Gasteiger partial charge in [0.1, 0.15) is 0 Å². The molecule has 0 unspecified atom stereocenters. The van der Waals surface area contributed by atoms with Gasteiger partial charge in [-0.2, -0.15) is 5.26 Å². The highest BCUT2D eigenvalue weighted by atomic mass is 15.0. The van der Waals surface area contributed by atoms with E-state index in [-0.39, 0.29) is 0 Å². The molecule has 6 aromatic carbocycles. The summed E-state index contributed by atoms with van der Waals surface area (Å²) in [5.74, 6) is 1.93. The Bertz CT molecular complexity index is 2000. The van der Waals surface area contributed by atoms with Crippen molar-refractivity contribution in [3.05, 3.63) is 151 Å². The van der Waals surface area contributed by atoms with E-state index in [4.69, 9.17) is 15.0 Å². The standard InChI is InChI=1S/C38H24N4/c39-25-26-15-17-27(18-16-26)32-23-24-33(35-14-8-7-13-34(32)35)28-19-21-31(22-20-28)38-41-36(29-9-3-1-4-10-29)40-37(42-38)30-11-5-2-6-12-30/h1-24H. The predicted molar refractivity (Wildman–Crippen MR) is 169 cm³/mol. The van der Waals surface area contributed by atoms with Gasteiger partial charge in [0, 0.05) is 16.7 Å². The van der Waals surface area contributed by atoms with E-state index in [9.17, 15) is 5.26 Å². The monoisotopic (exact) mass is 536 g/mol. The van der Waals surface area contributed by atoms with Crippen LogP contribution < -0.4 is 0 Å². The Morgan fingerprint density at radius 2 is 0.714 bits per heavy atom. The summed E-state index contributed by atoms with van der Waals surface area (Å²) in [6.45, 7) is 0. The van der Waals surface area contributed by atoms with Crippen LogP contribution in [0.25, 0.3) is 67.2 Å². The number of nitriles is 1. The molecule has 0 radical (unpaired) electrons. The van der Waals surface area contributed by atoms with Gasteiger partial charge in [0.05, 0.1) is 11.6 Å². The van der Waals surface area contributed by atoms with Crippen LogP contribution in [-0.4, -0.2) is 15.0 Å². The minimum atomic E-state index is 0.635. The first-order valence-electron chi connectivity index (χ1n) is 13.8. The van der Waals surface area contributed by atoms with Crippen LogP contribution in [0.2, 0.25) is 0 Å². The van der Waals surface area contributed by atoms with E-state index in [1.165, 1.54) is 10.8 Å². The lowest BCUT2D eigenvalue weighted by Crippen LogP contribution is -2.00. The number of aromatic nitrogens is 3. The van der Waals surface area contributed by atoms with Crippen LogP contribution in [0.4, 0.5) is 0 Å². The van der Waals surface area contributed by atoms with E-state index >= 15 is 0 Å².